The van der Waals surface area contributed by atoms with Crippen molar-refractivity contribution in [3.63, 3.8) is 0 Å². The zero-order valence-electron chi connectivity index (χ0n) is 24.9. The molecule has 0 spiro atoms. The van der Waals surface area contributed by atoms with Crippen LogP contribution in [0.5, 0.6) is 11.5 Å². The first kappa shape index (κ1) is 28.4. The lowest BCUT2D eigenvalue weighted by Crippen LogP contribution is -2.30. The number of carbonyl (C=O) groups is 1. The number of anilines is 1. The van der Waals surface area contributed by atoms with Gasteiger partial charge in [0.2, 0.25) is 0 Å². The molecule has 3 N–H and O–H groups in total. The third-order valence-electron chi connectivity index (χ3n) is 9.24. The molecule has 4 aliphatic rings. The molecule has 2 aromatic carbocycles. The first-order chi connectivity index (χ1) is 21.8. The third kappa shape index (κ3) is 5.54. The van der Waals surface area contributed by atoms with Gasteiger partial charge < -0.3 is 20.5 Å². The molecule has 1 amide bonds. The maximum absolute atomic E-state index is 14.6. The number of alkyl halides is 1. The number of aromatic nitrogens is 1. The fourth-order valence-electron chi connectivity index (χ4n) is 6.05. The summed E-state index contributed by atoms with van der Waals surface area (Å²) in [5.74, 6) is -0.297. The van der Waals surface area contributed by atoms with Crippen LogP contribution in [0.2, 0.25) is 0 Å². The van der Waals surface area contributed by atoms with Crippen LogP contribution in [-0.4, -0.2) is 42.2 Å². The minimum absolute atomic E-state index is 0.00861. The molecule has 10 heteroatoms. The Balaban J connectivity index is 1.10. The van der Waals surface area contributed by atoms with E-state index in [0.29, 0.717) is 59.2 Å². The second-order valence-electron chi connectivity index (χ2n) is 12.9. The summed E-state index contributed by atoms with van der Waals surface area (Å²) in [5.41, 5.74) is 11.2. The van der Waals surface area contributed by atoms with E-state index in [9.17, 15) is 13.6 Å². The summed E-state index contributed by atoms with van der Waals surface area (Å²) >= 11 is 1.37. The number of fused-ring (bicyclic) bond motifs is 2. The standard InChI is InChI=1S/C35H34F2N4O3S/c1-18-16-43-32-24(18)13-28(41-31(32)26-17-45-33-23(26)3-2-4-27(33)36)25(19-5-6-19)15-39-34(42)20-11-21(14-40-35(37)9-10-35)30(38)29(12-20)44-22-7-8-22/h2-4,11-14,17-19,22,25H,5-10,15-16,38H2,1H3,(H,39,42)/b40-14+. The van der Waals surface area contributed by atoms with E-state index < -0.39 is 5.79 Å². The molecule has 7 nitrogen and oxygen atoms in total. The number of nitrogens with one attached hydrogen (secondary N) is 1. The smallest absolute Gasteiger partial charge is 0.251 e. The number of halogens is 2. The van der Waals surface area contributed by atoms with Gasteiger partial charge in [-0.25, -0.2) is 13.8 Å². The molecule has 3 fully saturated rings. The number of amides is 1. The topological polar surface area (TPSA) is 98.8 Å². The van der Waals surface area contributed by atoms with Crippen molar-refractivity contribution in [3.05, 3.63) is 70.0 Å². The number of hydrogen-bond donors (Lipinski definition) is 2. The number of benzene rings is 2. The van der Waals surface area contributed by atoms with E-state index in [2.05, 4.69) is 23.3 Å². The lowest BCUT2D eigenvalue weighted by molar-refractivity contribution is 0.0949. The van der Waals surface area contributed by atoms with Crippen LogP contribution in [0, 0.1) is 11.7 Å². The quantitative estimate of drug-likeness (QED) is 0.108. The summed E-state index contributed by atoms with van der Waals surface area (Å²) in [6, 6.07) is 10.6. The first-order valence-corrected chi connectivity index (χ1v) is 16.6. The molecule has 232 valence electrons. The Morgan fingerprint density at radius 2 is 2.09 bits per heavy atom. The van der Waals surface area contributed by atoms with Crippen molar-refractivity contribution in [1.82, 2.24) is 10.3 Å². The van der Waals surface area contributed by atoms with Gasteiger partial charge in [0.25, 0.3) is 5.91 Å². The summed E-state index contributed by atoms with van der Waals surface area (Å²) in [5, 5.41) is 5.92. The number of ether oxygens (including phenoxy) is 2. The predicted molar refractivity (Wildman–Crippen MR) is 172 cm³/mol. The average molecular weight is 629 g/mol. The van der Waals surface area contributed by atoms with E-state index in [4.69, 9.17) is 20.2 Å². The van der Waals surface area contributed by atoms with E-state index >= 15 is 0 Å². The molecule has 0 saturated heterocycles. The highest BCUT2D eigenvalue weighted by Gasteiger charge is 2.42. The predicted octanol–water partition coefficient (Wildman–Crippen LogP) is 7.52. The van der Waals surface area contributed by atoms with Gasteiger partial charge in [0.15, 0.2) is 5.79 Å². The van der Waals surface area contributed by atoms with Crippen molar-refractivity contribution >= 4 is 39.2 Å². The molecule has 8 rings (SSSR count). The number of nitrogens with zero attached hydrogens (tertiary/aromatic N) is 2. The number of rotatable bonds is 10. The molecule has 0 bridgehead atoms. The number of thiophene rings is 1. The van der Waals surface area contributed by atoms with Crippen LogP contribution in [0.25, 0.3) is 21.3 Å². The molecule has 0 radical (unpaired) electrons. The summed E-state index contributed by atoms with van der Waals surface area (Å²) in [4.78, 5) is 22.9. The Bertz CT molecular complexity index is 1860. The Kier molecular flexibility index (Phi) is 6.82. The number of nitrogens with two attached hydrogens (primary N) is 1. The van der Waals surface area contributed by atoms with E-state index in [1.165, 1.54) is 23.6 Å². The zero-order chi connectivity index (χ0) is 30.9. The van der Waals surface area contributed by atoms with E-state index in [1.54, 1.807) is 18.2 Å². The van der Waals surface area contributed by atoms with Crippen LogP contribution in [-0.2, 0) is 0 Å². The zero-order valence-corrected chi connectivity index (χ0v) is 25.8. The van der Waals surface area contributed by atoms with E-state index in [0.717, 1.165) is 59.3 Å². The Morgan fingerprint density at radius 3 is 2.84 bits per heavy atom. The van der Waals surface area contributed by atoms with Crippen molar-refractivity contribution in [2.75, 3.05) is 18.9 Å². The minimum atomic E-state index is -1.53. The van der Waals surface area contributed by atoms with Crippen molar-refractivity contribution in [2.45, 2.75) is 69.2 Å². The molecule has 3 saturated carbocycles. The molecular weight excluding hydrogens is 594 g/mol. The molecule has 4 aromatic rings. The van der Waals surface area contributed by atoms with E-state index in [-0.39, 0.29) is 29.7 Å². The largest absolute Gasteiger partial charge is 0.490 e. The average Bonchev–Trinajstić information content (AvgIpc) is 3.98. The van der Waals surface area contributed by atoms with Crippen LogP contribution in [0.1, 0.15) is 84.5 Å². The van der Waals surface area contributed by atoms with Gasteiger partial charge in [0.1, 0.15) is 23.0 Å². The van der Waals surface area contributed by atoms with Crippen molar-refractivity contribution < 1.29 is 23.0 Å². The van der Waals surface area contributed by atoms with Crippen LogP contribution < -0.4 is 20.5 Å². The van der Waals surface area contributed by atoms with Crippen LogP contribution in [0.15, 0.2) is 46.8 Å². The molecule has 1 aliphatic heterocycles. The second-order valence-corrected chi connectivity index (χ2v) is 13.8. The highest BCUT2D eigenvalue weighted by atomic mass is 32.1. The van der Waals surface area contributed by atoms with Gasteiger partial charge in [-0.05, 0) is 55.9 Å². The lowest BCUT2D eigenvalue weighted by atomic mass is 9.93. The number of pyridine rings is 1. The fourth-order valence-corrected chi connectivity index (χ4v) is 7.01. The van der Waals surface area contributed by atoms with Crippen LogP contribution >= 0.6 is 11.3 Å². The first-order valence-electron chi connectivity index (χ1n) is 15.7. The number of nitrogen functional groups attached to an aromatic ring is 1. The second kappa shape index (κ2) is 10.8. The maximum atomic E-state index is 14.6. The molecule has 45 heavy (non-hydrogen) atoms. The van der Waals surface area contributed by atoms with Crippen molar-refractivity contribution in [2.24, 2.45) is 10.9 Å². The SMILES string of the molecule is CC1COc2c1cc(C(CNC(=O)c1cc(/C=N/C3(F)CC3)c(N)c(OC3CC3)c1)C1CC1)nc2-c1csc2c(F)cccc12. The summed E-state index contributed by atoms with van der Waals surface area (Å²) in [6.07, 6.45) is 6.26. The number of hydrogen-bond acceptors (Lipinski definition) is 7. The van der Waals surface area contributed by atoms with Crippen molar-refractivity contribution in [3.8, 4) is 22.8 Å². The summed E-state index contributed by atoms with van der Waals surface area (Å²) in [7, 11) is 0. The maximum Gasteiger partial charge on any atom is 0.251 e. The molecule has 3 aliphatic carbocycles. The van der Waals surface area contributed by atoms with Crippen LogP contribution in [0.3, 0.4) is 0 Å². The number of carbonyl (C=O) groups excluding carboxylic acids is 1. The molecule has 2 unspecified atom stereocenters. The normalized spacial score (nSPS) is 20.6. The molecular formula is C35H34F2N4O3S. The summed E-state index contributed by atoms with van der Waals surface area (Å²) in [6.45, 7) is 3.09. The fraction of sp³-hybridized carbons (Fsp3) is 0.400. The highest BCUT2D eigenvalue weighted by Crippen LogP contribution is 2.48. The van der Waals surface area contributed by atoms with Gasteiger partial charge in [-0.1, -0.05) is 19.1 Å². The van der Waals surface area contributed by atoms with Gasteiger partial charge in [0.05, 0.1) is 23.1 Å². The van der Waals surface area contributed by atoms with Gasteiger partial charge in [0, 0.05) is 76.2 Å². The van der Waals surface area contributed by atoms with Gasteiger partial charge in [-0.15, -0.1) is 11.3 Å². The van der Waals surface area contributed by atoms with Gasteiger partial charge >= 0.3 is 0 Å². The van der Waals surface area contributed by atoms with Gasteiger partial charge in [-0.3, -0.25) is 9.79 Å². The highest BCUT2D eigenvalue weighted by molar-refractivity contribution is 7.17. The monoisotopic (exact) mass is 628 g/mol. The minimum Gasteiger partial charge on any atom is -0.490 e. The molecule has 2 aromatic heterocycles. The van der Waals surface area contributed by atoms with Crippen LogP contribution in [0.4, 0.5) is 14.5 Å². The van der Waals surface area contributed by atoms with Gasteiger partial charge in [-0.2, -0.15) is 0 Å². The summed E-state index contributed by atoms with van der Waals surface area (Å²) < 4.78 is 41.6. The molecule has 2 atom stereocenters. The Hall–Kier alpha value is -4.05. The number of aliphatic imine (C=N–C) groups is 1. The third-order valence-corrected chi connectivity index (χ3v) is 10.2. The molecule has 3 heterocycles. The Morgan fingerprint density at radius 1 is 1.27 bits per heavy atom. The van der Waals surface area contributed by atoms with E-state index in [1.807, 2.05) is 11.4 Å². The Labute approximate surface area is 263 Å². The van der Waals surface area contributed by atoms with Crippen molar-refractivity contribution in [1.29, 1.82) is 0 Å². The lowest BCUT2D eigenvalue weighted by Gasteiger charge is -2.20.